The molecule has 2 aromatic rings. The average Bonchev–Trinajstić information content (AvgIpc) is 3.16. The zero-order valence-corrected chi connectivity index (χ0v) is 22.6. The van der Waals surface area contributed by atoms with Gasteiger partial charge in [0, 0.05) is 17.6 Å². The molecule has 0 aliphatic heterocycles. The smallest absolute Gasteiger partial charge is 0.247 e. The van der Waals surface area contributed by atoms with Gasteiger partial charge in [0.15, 0.2) is 11.5 Å². The molecule has 1 N–H and O–H groups in total. The van der Waals surface area contributed by atoms with Crippen LogP contribution >= 0.6 is 23.2 Å². The first-order chi connectivity index (χ1) is 17.5. The lowest BCUT2D eigenvalue weighted by Crippen LogP contribution is -2.46. The van der Waals surface area contributed by atoms with Crippen LogP contribution < -0.4 is 14.8 Å². The summed E-state index contributed by atoms with van der Waals surface area (Å²) in [7, 11) is 1.56. The Morgan fingerprint density at radius 3 is 2.44 bits per heavy atom. The van der Waals surface area contributed by atoms with Crippen molar-refractivity contribution in [2.45, 2.75) is 70.5 Å². The zero-order chi connectivity index (χ0) is 25.9. The van der Waals surface area contributed by atoms with Crippen molar-refractivity contribution in [3.8, 4) is 11.5 Å². The highest BCUT2D eigenvalue weighted by molar-refractivity contribution is 6.31. The van der Waals surface area contributed by atoms with Crippen LogP contribution in [0, 0.1) is 0 Å². The van der Waals surface area contributed by atoms with Crippen LogP contribution in [-0.4, -0.2) is 42.4 Å². The summed E-state index contributed by atoms with van der Waals surface area (Å²) in [4.78, 5) is 28.5. The van der Waals surface area contributed by atoms with Crippen LogP contribution in [0.4, 0.5) is 0 Å². The molecular formula is C28H36Cl2N2O4. The van der Waals surface area contributed by atoms with Gasteiger partial charge < -0.3 is 19.7 Å². The van der Waals surface area contributed by atoms with Crippen molar-refractivity contribution in [3.05, 3.63) is 58.6 Å². The van der Waals surface area contributed by atoms with E-state index in [4.69, 9.17) is 32.7 Å². The first kappa shape index (κ1) is 28.1. The third-order valence-corrected chi connectivity index (χ3v) is 7.06. The van der Waals surface area contributed by atoms with Crippen molar-refractivity contribution < 1.29 is 19.1 Å². The van der Waals surface area contributed by atoms with E-state index in [9.17, 15) is 9.59 Å². The lowest BCUT2D eigenvalue weighted by atomic mass is 10.0. The summed E-state index contributed by atoms with van der Waals surface area (Å²) >= 11 is 12.5. The molecule has 2 amide bonds. The molecule has 3 rings (SSSR count). The highest BCUT2D eigenvalue weighted by Gasteiger charge is 2.33. The second kappa shape index (κ2) is 14.3. The molecule has 0 heterocycles. The SMILES string of the molecule is CCCOc1ccc([C@@H](C(=O)NC2CCCCCC2)N(Cc2ccccc2Cl)C(=O)CCl)cc1OC. The number of hydrogen-bond donors (Lipinski definition) is 1. The third-order valence-electron chi connectivity index (χ3n) is 6.46. The van der Waals surface area contributed by atoms with Crippen LogP contribution in [0.15, 0.2) is 42.5 Å². The topological polar surface area (TPSA) is 67.9 Å². The molecule has 196 valence electrons. The molecule has 1 saturated carbocycles. The van der Waals surface area contributed by atoms with E-state index >= 15 is 0 Å². The maximum Gasteiger partial charge on any atom is 0.247 e. The van der Waals surface area contributed by atoms with Gasteiger partial charge in [-0.05, 0) is 48.6 Å². The van der Waals surface area contributed by atoms with Gasteiger partial charge in [0.1, 0.15) is 11.9 Å². The fourth-order valence-corrected chi connectivity index (χ4v) is 4.92. The number of rotatable bonds is 11. The number of nitrogens with zero attached hydrogens (tertiary/aromatic N) is 1. The highest BCUT2D eigenvalue weighted by atomic mass is 35.5. The summed E-state index contributed by atoms with van der Waals surface area (Å²) < 4.78 is 11.4. The Bertz CT molecular complexity index is 1010. The summed E-state index contributed by atoms with van der Waals surface area (Å²) in [6, 6.07) is 11.8. The Balaban J connectivity index is 2.02. The fourth-order valence-electron chi connectivity index (χ4n) is 4.57. The van der Waals surface area contributed by atoms with Gasteiger partial charge in [-0.1, -0.05) is 68.5 Å². The minimum Gasteiger partial charge on any atom is -0.493 e. The number of hydrogen-bond acceptors (Lipinski definition) is 4. The molecule has 1 aliphatic rings. The van der Waals surface area contributed by atoms with Crippen LogP contribution in [0.5, 0.6) is 11.5 Å². The number of methoxy groups -OCH3 is 1. The molecule has 0 bridgehead atoms. The second-order valence-electron chi connectivity index (χ2n) is 9.11. The molecule has 36 heavy (non-hydrogen) atoms. The molecule has 8 heteroatoms. The van der Waals surface area contributed by atoms with Crippen LogP contribution in [0.25, 0.3) is 0 Å². The van der Waals surface area contributed by atoms with Crippen LogP contribution in [0.1, 0.15) is 69.0 Å². The van der Waals surface area contributed by atoms with Gasteiger partial charge in [0.05, 0.1) is 13.7 Å². The predicted octanol–water partition coefficient (Wildman–Crippen LogP) is 6.29. The molecule has 1 atom stereocenters. The normalized spacial score (nSPS) is 15.0. The van der Waals surface area contributed by atoms with Gasteiger partial charge in [-0.2, -0.15) is 0 Å². The molecular weight excluding hydrogens is 499 g/mol. The Morgan fingerprint density at radius 2 is 1.81 bits per heavy atom. The lowest BCUT2D eigenvalue weighted by Gasteiger charge is -2.33. The van der Waals surface area contributed by atoms with Gasteiger partial charge in [0.2, 0.25) is 11.8 Å². The molecule has 2 aromatic carbocycles. The van der Waals surface area contributed by atoms with E-state index in [0.717, 1.165) is 37.7 Å². The summed E-state index contributed by atoms with van der Waals surface area (Å²) in [5, 5.41) is 3.74. The van der Waals surface area contributed by atoms with E-state index in [1.54, 1.807) is 25.3 Å². The van der Waals surface area contributed by atoms with E-state index in [1.165, 1.54) is 17.7 Å². The van der Waals surface area contributed by atoms with Crippen LogP contribution in [0.3, 0.4) is 0 Å². The second-order valence-corrected chi connectivity index (χ2v) is 9.78. The minimum absolute atomic E-state index is 0.0739. The van der Waals surface area contributed by atoms with E-state index in [1.807, 2.05) is 31.2 Å². The lowest BCUT2D eigenvalue weighted by molar-refractivity contribution is -0.140. The van der Waals surface area contributed by atoms with Crippen molar-refractivity contribution in [3.63, 3.8) is 0 Å². The van der Waals surface area contributed by atoms with Gasteiger partial charge in [0.25, 0.3) is 0 Å². The van der Waals surface area contributed by atoms with E-state index < -0.39 is 6.04 Å². The predicted molar refractivity (Wildman–Crippen MR) is 144 cm³/mol. The Labute approximate surface area is 224 Å². The standard InChI is InChI=1S/C28H36Cl2N2O4/c1-3-16-36-24-15-14-20(17-25(24)35-2)27(28(34)31-22-11-6-4-5-7-12-22)32(26(33)18-29)19-21-10-8-9-13-23(21)30/h8-10,13-15,17,22,27H,3-7,11-12,16,18-19H2,1-2H3,(H,31,34)/t27-/m0/s1. The van der Waals surface area contributed by atoms with Crippen molar-refractivity contribution >= 4 is 35.0 Å². The molecule has 0 unspecified atom stereocenters. The molecule has 0 spiro atoms. The molecule has 0 radical (unpaired) electrons. The molecule has 1 aliphatic carbocycles. The Hall–Kier alpha value is -2.44. The molecule has 0 saturated heterocycles. The number of amides is 2. The van der Waals surface area contributed by atoms with E-state index in [2.05, 4.69) is 5.32 Å². The van der Waals surface area contributed by atoms with Gasteiger partial charge in [-0.15, -0.1) is 11.6 Å². The largest absolute Gasteiger partial charge is 0.493 e. The van der Waals surface area contributed by atoms with Crippen LogP contribution in [-0.2, 0) is 16.1 Å². The summed E-state index contributed by atoms with van der Waals surface area (Å²) in [5.74, 6) is 0.239. The quantitative estimate of drug-likeness (QED) is 0.272. The average molecular weight is 536 g/mol. The molecule has 6 nitrogen and oxygen atoms in total. The van der Waals surface area contributed by atoms with Gasteiger partial charge in [-0.3, -0.25) is 9.59 Å². The molecule has 1 fully saturated rings. The maximum atomic E-state index is 13.9. The van der Waals surface area contributed by atoms with E-state index in [-0.39, 0.29) is 30.3 Å². The summed E-state index contributed by atoms with van der Waals surface area (Å²) in [6.07, 6.45) is 7.23. The number of ether oxygens (including phenoxy) is 2. The van der Waals surface area contributed by atoms with Crippen LogP contribution in [0.2, 0.25) is 5.02 Å². The van der Waals surface area contributed by atoms with Gasteiger partial charge in [-0.25, -0.2) is 0 Å². The number of carbonyl (C=O) groups excluding carboxylic acids is 2. The Kier molecular flexibility index (Phi) is 11.2. The number of halogens is 2. The van der Waals surface area contributed by atoms with Gasteiger partial charge >= 0.3 is 0 Å². The maximum absolute atomic E-state index is 13.9. The number of carbonyl (C=O) groups is 2. The molecule has 0 aromatic heterocycles. The summed E-state index contributed by atoms with van der Waals surface area (Å²) in [5.41, 5.74) is 1.35. The summed E-state index contributed by atoms with van der Waals surface area (Å²) in [6.45, 7) is 2.72. The minimum atomic E-state index is -0.912. The number of benzene rings is 2. The fraction of sp³-hybridized carbons (Fsp3) is 0.500. The van der Waals surface area contributed by atoms with Crippen molar-refractivity contribution in [1.82, 2.24) is 10.2 Å². The van der Waals surface area contributed by atoms with Crippen molar-refractivity contribution in [2.75, 3.05) is 19.6 Å². The first-order valence-corrected chi connectivity index (χ1v) is 13.6. The Morgan fingerprint density at radius 1 is 1.08 bits per heavy atom. The van der Waals surface area contributed by atoms with Crippen molar-refractivity contribution in [1.29, 1.82) is 0 Å². The zero-order valence-electron chi connectivity index (χ0n) is 21.1. The monoisotopic (exact) mass is 534 g/mol. The van der Waals surface area contributed by atoms with E-state index in [0.29, 0.717) is 28.7 Å². The third kappa shape index (κ3) is 7.53. The first-order valence-electron chi connectivity index (χ1n) is 12.7. The number of alkyl halides is 1. The highest BCUT2D eigenvalue weighted by Crippen LogP contribution is 2.34. The number of nitrogens with one attached hydrogen (secondary N) is 1. The van der Waals surface area contributed by atoms with Crippen molar-refractivity contribution in [2.24, 2.45) is 0 Å².